The molecule has 1 fully saturated rings. The normalized spacial score (nSPS) is 16.5. The van der Waals surface area contributed by atoms with Crippen molar-refractivity contribution in [2.24, 2.45) is 4.99 Å². The summed E-state index contributed by atoms with van der Waals surface area (Å²) in [6.45, 7) is 5.55. The molecule has 1 heterocycles. The van der Waals surface area contributed by atoms with Crippen LogP contribution < -0.4 is 5.32 Å². The fraction of sp³-hybridized carbons (Fsp3) is 0.611. The summed E-state index contributed by atoms with van der Waals surface area (Å²) in [6, 6.07) is 5.11. The van der Waals surface area contributed by atoms with Gasteiger partial charge in [-0.05, 0) is 37.5 Å². The maximum Gasteiger partial charge on any atom is 0.193 e. The fourth-order valence-electron chi connectivity index (χ4n) is 2.99. The van der Waals surface area contributed by atoms with Crippen LogP contribution in [0, 0.1) is 5.82 Å². The van der Waals surface area contributed by atoms with Gasteiger partial charge in [0, 0.05) is 46.0 Å². The first-order chi connectivity index (χ1) is 11.7. The van der Waals surface area contributed by atoms with Crippen molar-refractivity contribution in [2.45, 2.75) is 39.0 Å². The van der Waals surface area contributed by atoms with E-state index in [-0.39, 0.29) is 12.4 Å². The van der Waals surface area contributed by atoms with E-state index in [1.165, 1.54) is 6.07 Å². The zero-order valence-electron chi connectivity index (χ0n) is 14.8. The van der Waals surface area contributed by atoms with E-state index in [9.17, 15) is 4.39 Å². The van der Waals surface area contributed by atoms with E-state index in [1.807, 2.05) is 13.0 Å². The minimum absolute atomic E-state index is 0.233. The summed E-state index contributed by atoms with van der Waals surface area (Å²) in [6.07, 6.45) is 2.39. The summed E-state index contributed by atoms with van der Waals surface area (Å²) >= 11 is 0. The number of nitrogens with zero attached hydrogens (tertiary/aromatic N) is 2. The summed E-state index contributed by atoms with van der Waals surface area (Å²) in [5.41, 5.74) is 1.58. The summed E-state index contributed by atoms with van der Waals surface area (Å²) in [5, 5.41) is 3.36. The number of halogens is 1. The molecule has 24 heavy (non-hydrogen) atoms. The standard InChI is InChI=1S/C18H28FN3O2/c1-4-24-16-7-9-22(10-8-16)18(20-2)21-12-14-5-6-17(19)15(11-14)13-23-3/h5-6,11,16H,4,7-10,12-13H2,1-3H3,(H,20,21). The summed E-state index contributed by atoms with van der Waals surface area (Å²) < 4.78 is 24.4. The van der Waals surface area contributed by atoms with Crippen LogP contribution in [-0.2, 0) is 22.6 Å². The molecule has 0 amide bonds. The van der Waals surface area contributed by atoms with E-state index < -0.39 is 0 Å². The lowest BCUT2D eigenvalue weighted by Crippen LogP contribution is -2.46. The lowest BCUT2D eigenvalue weighted by Gasteiger charge is -2.34. The lowest BCUT2D eigenvalue weighted by molar-refractivity contribution is 0.0263. The molecule has 0 spiro atoms. The van der Waals surface area contributed by atoms with E-state index in [2.05, 4.69) is 15.2 Å². The zero-order valence-corrected chi connectivity index (χ0v) is 14.8. The van der Waals surface area contributed by atoms with Crippen molar-refractivity contribution in [1.29, 1.82) is 0 Å². The first-order valence-corrected chi connectivity index (χ1v) is 8.51. The molecule has 0 aromatic heterocycles. The minimum atomic E-state index is -0.233. The number of likely N-dealkylation sites (tertiary alicyclic amines) is 1. The molecule has 0 saturated carbocycles. The number of hydrogen-bond acceptors (Lipinski definition) is 3. The molecule has 0 atom stereocenters. The molecule has 1 aliphatic rings. The van der Waals surface area contributed by atoms with Gasteiger partial charge in [-0.25, -0.2) is 4.39 Å². The Labute approximate surface area is 143 Å². The number of benzene rings is 1. The third-order valence-electron chi connectivity index (χ3n) is 4.22. The van der Waals surface area contributed by atoms with E-state index in [1.54, 1.807) is 20.2 Å². The molecule has 1 saturated heterocycles. The zero-order chi connectivity index (χ0) is 17.4. The highest BCUT2D eigenvalue weighted by atomic mass is 19.1. The van der Waals surface area contributed by atoms with Crippen LogP contribution in [0.2, 0.25) is 0 Å². The van der Waals surface area contributed by atoms with Crippen LogP contribution >= 0.6 is 0 Å². The maximum absolute atomic E-state index is 13.7. The SMILES string of the molecule is CCOC1CCN(C(=NC)NCc2ccc(F)c(COC)c2)CC1. The summed E-state index contributed by atoms with van der Waals surface area (Å²) in [7, 11) is 3.36. The smallest absolute Gasteiger partial charge is 0.193 e. The number of piperidine rings is 1. The van der Waals surface area contributed by atoms with Gasteiger partial charge in [0.2, 0.25) is 0 Å². The second kappa shape index (κ2) is 9.59. The fourth-order valence-corrected chi connectivity index (χ4v) is 2.99. The molecule has 1 aliphatic heterocycles. The van der Waals surface area contributed by atoms with Crippen molar-refractivity contribution in [1.82, 2.24) is 10.2 Å². The Morgan fingerprint density at radius 1 is 1.38 bits per heavy atom. The van der Waals surface area contributed by atoms with Crippen molar-refractivity contribution in [3.05, 3.63) is 35.1 Å². The van der Waals surface area contributed by atoms with Crippen LogP contribution in [-0.4, -0.2) is 50.8 Å². The predicted molar refractivity (Wildman–Crippen MR) is 93.5 cm³/mol. The van der Waals surface area contributed by atoms with Gasteiger partial charge in [0.15, 0.2) is 5.96 Å². The number of guanidine groups is 1. The molecule has 0 bridgehead atoms. The monoisotopic (exact) mass is 337 g/mol. The second-order valence-corrected chi connectivity index (χ2v) is 5.90. The van der Waals surface area contributed by atoms with Crippen molar-refractivity contribution >= 4 is 5.96 Å². The van der Waals surface area contributed by atoms with Crippen LogP contribution in [0.5, 0.6) is 0 Å². The Morgan fingerprint density at radius 2 is 2.12 bits per heavy atom. The van der Waals surface area contributed by atoms with Crippen LogP contribution in [0.4, 0.5) is 4.39 Å². The van der Waals surface area contributed by atoms with Crippen molar-refractivity contribution in [2.75, 3.05) is 33.9 Å². The number of nitrogens with one attached hydrogen (secondary N) is 1. The number of ether oxygens (including phenoxy) is 2. The predicted octanol–water partition coefficient (Wildman–Crippen LogP) is 2.55. The average molecular weight is 337 g/mol. The highest BCUT2D eigenvalue weighted by Gasteiger charge is 2.21. The topological polar surface area (TPSA) is 46.1 Å². The van der Waals surface area contributed by atoms with Crippen LogP contribution in [0.25, 0.3) is 0 Å². The highest BCUT2D eigenvalue weighted by Crippen LogP contribution is 2.15. The summed E-state index contributed by atoms with van der Waals surface area (Å²) in [5.74, 6) is 0.644. The Kier molecular flexibility index (Phi) is 7.46. The maximum atomic E-state index is 13.7. The molecule has 0 unspecified atom stereocenters. The van der Waals surface area contributed by atoms with Gasteiger partial charge >= 0.3 is 0 Å². The average Bonchev–Trinajstić information content (AvgIpc) is 2.60. The number of methoxy groups -OCH3 is 1. The van der Waals surface area contributed by atoms with Gasteiger partial charge in [-0.15, -0.1) is 0 Å². The Hall–Kier alpha value is -1.66. The van der Waals surface area contributed by atoms with Crippen molar-refractivity contribution < 1.29 is 13.9 Å². The minimum Gasteiger partial charge on any atom is -0.380 e. The van der Waals surface area contributed by atoms with Crippen LogP contribution in [0.15, 0.2) is 23.2 Å². The number of aliphatic imine (C=N–C) groups is 1. The van der Waals surface area contributed by atoms with Crippen LogP contribution in [0.3, 0.4) is 0 Å². The van der Waals surface area contributed by atoms with Crippen molar-refractivity contribution in [3.8, 4) is 0 Å². The largest absolute Gasteiger partial charge is 0.380 e. The molecular formula is C18H28FN3O2. The van der Waals surface area contributed by atoms with Gasteiger partial charge in [-0.2, -0.15) is 0 Å². The van der Waals surface area contributed by atoms with Crippen molar-refractivity contribution in [3.63, 3.8) is 0 Å². The van der Waals surface area contributed by atoms with Gasteiger partial charge in [0.25, 0.3) is 0 Å². The Bertz CT molecular complexity index is 543. The van der Waals surface area contributed by atoms with Gasteiger partial charge in [-0.1, -0.05) is 6.07 Å². The van der Waals surface area contributed by atoms with Gasteiger partial charge in [0.05, 0.1) is 12.7 Å². The Balaban J connectivity index is 1.89. The third kappa shape index (κ3) is 5.18. The lowest BCUT2D eigenvalue weighted by atomic mass is 10.1. The van der Waals surface area contributed by atoms with Crippen LogP contribution in [0.1, 0.15) is 30.9 Å². The first kappa shape index (κ1) is 18.7. The first-order valence-electron chi connectivity index (χ1n) is 8.51. The molecule has 5 nitrogen and oxygen atoms in total. The van der Waals surface area contributed by atoms with E-state index >= 15 is 0 Å². The van der Waals surface area contributed by atoms with Gasteiger partial charge in [0.1, 0.15) is 5.82 Å². The molecule has 1 N–H and O–H groups in total. The number of rotatable bonds is 6. The molecule has 0 aliphatic carbocycles. The molecule has 2 rings (SSSR count). The molecule has 0 radical (unpaired) electrons. The molecule has 1 aromatic rings. The van der Waals surface area contributed by atoms with E-state index in [4.69, 9.17) is 9.47 Å². The van der Waals surface area contributed by atoms with Gasteiger partial charge in [-0.3, -0.25) is 4.99 Å². The third-order valence-corrected chi connectivity index (χ3v) is 4.22. The molecule has 1 aromatic carbocycles. The van der Waals surface area contributed by atoms with E-state index in [0.717, 1.165) is 44.1 Å². The Morgan fingerprint density at radius 3 is 2.75 bits per heavy atom. The molecular weight excluding hydrogens is 309 g/mol. The summed E-state index contributed by atoms with van der Waals surface area (Å²) in [4.78, 5) is 6.61. The highest BCUT2D eigenvalue weighted by molar-refractivity contribution is 5.79. The molecule has 6 heteroatoms. The second-order valence-electron chi connectivity index (χ2n) is 5.90. The number of hydrogen-bond donors (Lipinski definition) is 1. The van der Waals surface area contributed by atoms with E-state index in [0.29, 0.717) is 18.2 Å². The molecule has 134 valence electrons. The quantitative estimate of drug-likeness (QED) is 0.640. The van der Waals surface area contributed by atoms with Gasteiger partial charge < -0.3 is 19.7 Å².